The maximum atomic E-state index is 12.2. The zero-order chi connectivity index (χ0) is 13.7. The minimum Gasteiger partial charge on any atom is -0.497 e. The Morgan fingerprint density at radius 2 is 2.26 bits per heavy atom. The van der Waals surface area contributed by atoms with Gasteiger partial charge in [-0.3, -0.25) is 4.79 Å². The molecule has 1 N–H and O–H groups in total. The lowest BCUT2D eigenvalue weighted by Crippen LogP contribution is -2.35. The number of nitrogens with one attached hydrogen (secondary N) is 1. The molecule has 1 saturated heterocycles. The highest BCUT2D eigenvalue weighted by molar-refractivity contribution is 6.31. The third-order valence-corrected chi connectivity index (χ3v) is 3.65. The third-order valence-electron chi connectivity index (χ3n) is 3.29. The third kappa shape index (κ3) is 3.85. The van der Waals surface area contributed by atoms with Crippen LogP contribution >= 0.6 is 11.6 Å². The van der Waals surface area contributed by atoms with E-state index in [2.05, 4.69) is 5.32 Å². The summed E-state index contributed by atoms with van der Waals surface area (Å²) in [5, 5.41) is 3.87. The van der Waals surface area contributed by atoms with Crippen molar-refractivity contribution in [3.63, 3.8) is 0 Å². The lowest BCUT2D eigenvalue weighted by molar-refractivity contribution is -0.130. The molecule has 1 aromatic rings. The van der Waals surface area contributed by atoms with Gasteiger partial charge in [0.15, 0.2) is 0 Å². The molecule has 0 spiro atoms. The molecule has 1 aromatic carbocycles. The van der Waals surface area contributed by atoms with Crippen molar-refractivity contribution in [2.75, 3.05) is 33.3 Å². The maximum absolute atomic E-state index is 12.2. The molecule has 0 saturated carbocycles. The summed E-state index contributed by atoms with van der Waals surface area (Å²) in [5.41, 5.74) is 0.852. The van der Waals surface area contributed by atoms with Crippen molar-refractivity contribution in [1.29, 1.82) is 0 Å². The minimum absolute atomic E-state index is 0.135. The van der Waals surface area contributed by atoms with E-state index >= 15 is 0 Å². The number of carbonyl (C=O) groups excluding carboxylic acids is 1. The van der Waals surface area contributed by atoms with Gasteiger partial charge in [0, 0.05) is 24.7 Å². The second-order valence-electron chi connectivity index (χ2n) is 4.62. The molecule has 1 fully saturated rings. The largest absolute Gasteiger partial charge is 0.497 e. The van der Waals surface area contributed by atoms with Crippen molar-refractivity contribution >= 4 is 17.5 Å². The Kier molecular flexibility index (Phi) is 5.05. The van der Waals surface area contributed by atoms with Gasteiger partial charge in [0.2, 0.25) is 5.91 Å². The fourth-order valence-corrected chi connectivity index (χ4v) is 2.41. The summed E-state index contributed by atoms with van der Waals surface area (Å²) in [7, 11) is 1.60. The number of halogens is 1. The quantitative estimate of drug-likeness (QED) is 0.918. The van der Waals surface area contributed by atoms with Gasteiger partial charge >= 0.3 is 0 Å². The topological polar surface area (TPSA) is 41.6 Å². The van der Waals surface area contributed by atoms with Crippen molar-refractivity contribution < 1.29 is 9.53 Å². The van der Waals surface area contributed by atoms with E-state index in [1.54, 1.807) is 13.2 Å². The van der Waals surface area contributed by atoms with Crippen LogP contribution in [0.1, 0.15) is 12.0 Å². The number of nitrogens with zero attached hydrogens (tertiary/aromatic N) is 1. The smallest absolute Gasteiger partial charge is 0.227 e. The summed E-state index contributed by atoms with van der Waals surface area (Å²) < 4.78 is 5.10. The second kappa shape index (κ2) is 6.78. The lowest BCUT2D eigenvalue weighted by Gasteiger charge is -2.20. The summed E-state index contributed by atoms with van der Waals surface area (Å²) in [6.07, 6.45) is 1.35. The molecule has 0 atom stereocenters. The van der Waals surface area contributed by atoms with Gasteiger partial charge < -0.3 is 15.0 Å². The molecule has 4 nitrogen and oxygen atoms in total. The van der Waals surface area contributed by atoms with Crippen molar-refractivity contribution in [2.24, 2.45) is 0 Å². The molecule has 19 heavy (non-hydrogen) atoms. The standard InChI is InChI=1S/C14H19ClN2O2/c1-19-12-4-3-11(13(15)10-12)9-14(18)17-7-2-5-16-6-8-17/h3-4,10,16H,2,5-9H2,1H3. The molecule has 0 unspecified atom stereocenters. The molecule has 0 aromatic heterocycles. The van der Waals surface area contributed by atoms with Crippen LogP contribution in [0, 0.1) is 0 Å². The van der Waals surface area contributed by atoms with Crippen molar-refractivity contribution in [2.45, 2.75) is 12.8 Å². The average molecular weight is 283 g/mol. The predicted molar refractivity (Wildman–Crippen MR) is 75.8 cm³/mol. The normalized spacial score (nSPS) is 16.0. The van der Waals surface area contributed by atoms with Crippen molar-refractivity contribution in [3.05, 3.63) is 28.8 Å². The Bertz CT molecular complexity index is 443. The highest BCUT2D eigenvalue weighted by atomic mass is 35.5. The van der Waals surface area contributed by atoms with Crippen LogP contribution in [0.2, 0.25) is 5.02 Å². The number of hydrogen-bond donors (Lipinski definition) is 1. The molecule has 1 amide bonds. The summed E-state index contributed by atoms with van der Waals surface area (Å²) >= 11 is 6.16. The van der Waals surface area contributed by atoms with E-state index < -0.39 is 0 Å². The van der Waals surface area contributed by atoms with Gasteiger partial charge in [-0.2, -0.15) is 0 Å². The summed E-state index contributed by atoms with van der Waals surface area (Å²) in [4.78, 5) is 14.1. The Morgan fingerprint density at radius 1 is 1.42 bits per heavy atom. The first-order valence-corrected chi connectivity index (χ1v) is 6.89. The minimum atomic E-state index is 0.135. The maximum Gasteiger partial charge on any atom is 0.227 e. The van der Waals surface area contributed by atoms with Gasteiger partial charge in [-0.25, -0.2) is 0 Å². The van der Waals surface area contributed by atoms with Gasteiger partial charge in [-0.05, 0) is 30.7 Å². The number of methoxy groups -OCH3 is 1. The zero-order valence-electron chi connectivity index (χ0n) is 11.1. The van der Waals surface area contributed by atoms with Crippen LogP contribution < -0.4 is 10.1 Å². The Labute approximate surface area is 118 Å². The number of hydrogen-bond acceptors (Lipinski definition) is 3. The molecule has 104 valence electrons. The van der Waals surface area contributed by atoms with Gasteiger partial charge in [0.25, 0.3) is 0 Å². The first kappa shape index (κ1) is 14.2. The van der Waals surface area contributed by atoms with E-state index in [4.69, 9.17) is 16.3 Å². The lowest BCUT2D eigenvalue weighted by atomic mass is 10.1. The molecule has 0 bridgehead atoms. The fraction of sp³-hybridized carbons (Fsp3) is 0.500. The van der Waals surface area contributed by atoms with E-state index in [0.717, 1.165) is 38.2 Å². The number of benzene rings is 1. The van der Waals surface area contributed by atoms with E-state index in [9.17, 15) is 4.79 Å². The molecular formula is C14H19ClN2O2. The Balaban J connectivity index is 2.01. The van der Waals surface area contributed by atoms with Crippen LogP contribution in [-0.4, -0.2) is 44.1 Å². The molecule has 1 aliphatic rings. The molecule has 2 rings (SSSR count). The number of rotatable bonds is 3. The molecule has 0 aliphatic carbocycles. The Morgan fingerprint density at radius 3 is 3.00 bits per heavy atom. The van der Waals surface area contributed by atoms with Gasteiger partial charge in [-0.1, -0.05) is 17.7 Å². The molecule has 5 heteroatoms. The van der Waals surface area contributed by atoms with Crippen LogP contribution in [0.25, 0.3) is 0 Å². The van der Waals surface area contributed by atoms with Gasteiger partial charge in [-0.15, -0.1) is 0 Å². The second-order valence-corrected chi connectivity index (χ2v) is 5.03. The monoisotopic (exact) mass is 282 g/mol. The molecule has 1 heterocycles. The fourth-order valence-electron chi connectivity index (χ4n) is 2.17. The van der Waals surface area contributed by atoms with Gasteiger partial charge in [0.05, 0.1) is 13.5 Å². The highest BCUT2D eigenvalue weighted by Gasteiger charge is 2.16. The zero-order valence-corrected chi connectivity index (χ0v) is 11.9. The van der Waals surface area contributed by atoms with Crippen molar-refractivity contribution in [1.82, 2.24) is 10.2 Å². The van der Waals surface area contributed by atoms with E-state index in [1.807, 2.05) is 17.0 Å². The number of ether oxygens (including phenoxy) is 1. The van der Waals surface area contributed by atoms with Crippen LogP contribution in [0.3, 0.4) is 0 Å². The number of amides is 1. The Hall–Kier alpha value is -1.26. The first-order valence-electron chi connectivity index (χ1n) is 6.51. The van der Waals surface area contributed by atoms with Gasteiger partial charge in [0.1, 0.15) is 5.75 Å². The highest BCUT2D eigenvalue weighted by Crippen LogP contribution is 2.23. The van der Waals surface area contributed by atoms with Crippen LogP contribution in [0.15, 0.2) is 18.2 Å². The van der Waals surface area contributed by atoms with Crippen LogP contribution in [0.4, 0.5) is 0 Å². The molecule has 1 aliphatic heterocycles. The summed E-state index contributed by atoms with van der Waals surface area (Å²) in [6, 6.07) is 5.43. The SMILES string of the molecule is COc1ccc(CC(=O)N2CCCNCC2)c(Cl)c1. The summed E-state index contributed by atoms with van der Waals surface area (Å²) in [5.74, 6) is 0.843. The average Bonchev–Trinajstić information content (AvgIpc) is 2.70. The van der Waals surface area contributed by atoms with E-state index in [-0.39, 0.29) is 5.91 Å². The molecular weight excluding hydrogens is 264 g/mol. The van der Waals surface area contributed by atoms with Crippen LogP contribution in [0.5, 0.6) is 5.75 Å². The molecule has 0 radical (unpaired) electrons. The first-order chi connectivity index (χ1) is 9.20. The predicted octanol–water partition coefficient (Wildman–Crippen LogP) is 1.71. The van der Waals surface area contributed by atoms with Crippen LogP contribution in [-0.2, 0) is 11.2 Å². The van der Waals surface area contributed by atoms with E-state index in [1.165, 1.54) is 0 Å². The van der Waals surface area contributed by atoms with Crippen molar-refractivity contribution in [3.8, 4) is 5.75 Å². The number of carbonyl (C=O) groups is 1. The summed E-state index contributed by atoms with van der Waals surface area (Å²) in [6.45, 7) is 3.43. The van der Waals surface area contributed by atoms with E-state index in [0.29, 0.717) is 17.2 Å².